The third-order valence-electron chi connectivity index (χ3n) is 4.37. The first kappa shape index (κ1) is 20.9. The number of carbonyl (C=O) groups is 1. The standard InChI is InChI=1S/C22H21ClN2O3S/c1-16-6-12-21(13-7-16)29(27,28)24-20-5-3-4-18(14-20)22(26)25(2)15-17-8-10-19(23)11-9-17/h3-14,24H,15H2,1-2H3. The van der Waals surface area contributed by atoms with E-state index >= 15 is 0 Å². The number of sulfonamides is 1. The van der Waals surface area contributed by atoms with Gasteiger partial charge in [-0.05, 0) is 55.0 Å². The zero-order chi connectivity index (χ0) is 21.0. The van der Waals surface area contributed by atoms with Crippen LogP contribution in [0.2, 0.25) is 5.02 Å². The summed E-state index contributed by atoms with van der Waals surface area (Å²) in [7, 11) is -2.04. The molecule has 0 radical (unpaired) electrons. The Balaban J connectivity index is 1.75. The van der Waals surface area contributed by atoms with Crippen molar-refractivity contribution in [3.05, 3.63) is 94.5 Å². The molecule has 1 N–H and O–H groups in total. The maximum atomic E-state index is 12.8. The Labute approximate surface area is 176 Å². The molecule has 0 saturated carbocycles. The maximum Gasteiger partial charge on any atom is 0.261 e. The van der Waals surface area contributed by atoms with E-state index in [0.717, 1.165) is 11.1 Å². The van der Waals surface area contributed by atoms with Crippen molar-refractivity contribution in [1.29, 1.82) is 0 Å². The molecular formula is C22H21ClN2O3S. The van der Waals surface area contributed by atoms with E-state index in [2.05, 4.69) is 4.72 Å². The number of amides is 1. The van der Waals surface area contributed by atoms with E-state index in [1.165, 1.54) is 6.07 Å². The molecule has 0 spiro atoms. The fourth-order valence-corrected chi connectivity index (χ4v) is 3.98. The van der Waals surface area contributed by atoms with Crippen LogP contribution in [0.1, 0.15) is 21.5 Å². The van der Waals surface area contributed by atoms with Gasteiger partial charge in [-0.2, -0.15) is 0 Å². The molecule has 3 aromatic carbocycles. The van der Waals surface area contributed by atoms with Crippen molar-refractivity contribution >= 4 is 33.2 Å². The highest BCUT2D eigenvalue weighted by Gasteiger charge is 2.16. The first-order valence-electron chi connectivity index (χ1n) is 8.94. The van der Waals surface area contributed by atoms with Gasteiger partial charge in [-0.15, -0.1) is 0 Å². The number of halogens is 1. The van der Waals surface area contributed by atoms with E-state index in [9.17, 15) is 13.2 Å². The third kappa shape index (κ3) is 5.37. The van der Waals surface area contributed by atoms with Crippen molar-refractivity contribution in [2.45, 2.75) is 18.4 Å². The molecule has 0 saturated heterocycles. The van der Waals surface area contributed by atoms with E-state index in [4.69, 9.17) is 11.6 Å². The van der Waals surface area contributed by atoms with Gasteiger partial charge in [0.25, 0.3) is 15.9 Å². The molecule has 7 heteroatoms. The predicted octanol–water partition coefficient (Wildman–Crippen LogP) is 4.72. The summed E-state index contributed by atoms with van der Waals surface area (Å²) in [6.45, 7) is 2.30. The van der Waals surface area contributed by atoms with Gasteiger partial charge in [0.05, 0.1) is 4.90 Å². The minimum atomic E-state index is -3.73. The molecule has 0 heterocycles. The number of nitrogens with zero attached hydrogens (tertiary/aromatic N) is 1. The van der Waals surface area contributed by atoms with Gasteiger partial charge in [0, 0.05) is 29.9 Å². The van der Waals surface area contributed by atoms with Crippen molar-refractivity contribution in [2.75, 3.05) is 11.8 Å². The van der Waals surface area contributed by atoms with Gasteiger partial charge in [-0.1, -0.05) is 47.5 Å². The number of benzene rings is 3. The summed E-state index contributed by atoms with van der Waals surface area (Å²) in [5.74, 6) is -0.212. The lowest BCUT2D eigenvalue weighted by molar-refractivity contribution is 0.0785. The summed E-state index contributed by atoms with van der Waals surface area (Å²) < 4.78 is 27.7. The normalized spacial score (nSPS) is 11.1. The molecule has 0 bridgehead atoms. The predicted molar refractivity (Wildman–Crippen MR) is 116 cm³/mol. The number of aryl methyl sites for hydroxylation is 1. The van der Waals surface area contributed by atoms with Crippen molar-refractivity contribution in [3.8, 4) is 0 Å². The Morgan fingerprint density at radius 2 is 1.66 bits per heavy atom. The number of anilines is 1. The van der Waals surface area contributed by atoms with Crippen LogP contribution in [0.15, 0.2) is 77.7 Å². The molecule has 1 amide bonds. The van der Waals surface area contributed by atoms with Gasteiger partial charge in [-0.3, -0.25) is 9.52 Å². The first-order chi connectivity index (χ1) is 13.7. The first-order valence-corrected chi connectivity index (χ1v) is 10.8. The van der Waals surface area contributed by atoms with E-state index in [1.54, 1.807) is 66.5 Å². The summed E-state index contributed by atoms with van der Waals surface area (Å²) in [6.07, 6.45) is 0. The van der Waals surface area contributed by atoms with Crippen molar-refractivity contribution < 1.29 is 13.2 Å². The Bertz CT molecular complexity index is 1110. The quantitative estimate of drug-likeness (QED) is 0.617. The zero-order valence-electron chi connectivity index (χ0n) is 16.1. The molecular weight excluding hydrogens is 408 g/mol. The minimum absolute atomic E-state index is 0.166. The molecule has 3 aromatic rings. The molecule has 0 atom stereocenters. The second-order valence-electron chi connectivity index (χ2n) is 6.79. The minimum Gasteiger partial charge on any atom is -0.337 e. The lowest BCUT2D eigenvalue weighted by Crippen LogP contribution is -2.26. The molecule has 0 fully saturated rings. The Morgan fingerprint density at radius 3 is 2.31 bits per heavy atom. The Kier molecular flexibility index (Phi) is 6.25. The van der Waals surface area contributed by atoms with Crippen LogP contribution in [-0.2, 0) is 16.6 Å². The lowest BCUT2D eigenvalue weighted by Gasteiger charge is -2.18. The fraction of sp³-hybridized carbons (Fsp3) is 0.136. The van der Waals surface area contributed by atoms with Gasteiger partial charge >= 0.3 is 0 Å². The van der Waals surface area contributed by atoms with Gasteiger partial charge in [0.1, 0.15) is 0 Å². The highest BCUT2D eigenvalue weighted by Crippen LogP contribution is 2.19. The fourth-order valence-electron chi connectivity index (χ4n) is 2.80. The van der Waals surface area contributed by atoms with E-state index < -0.39 is 10.0 Å². The van der Waals surface area contributed by atoms with Crippen molar-refractivity contribution in [1.82, 2.24) is 4.90 Å². The Hall–Kier alpha value is -2.83. The smallest absolute Gasteiger partial charge is 0.261 e. The highest BCUT2D eigenvalue weighted by molar-refractivity contribution is 7.92. The molecule has 0 aliphatic heterocycles. The zero-order valence-corrected chi connectivity index (χ0v) is 17.7. The third-order valence-corrected chi connectivity index (χ3v) is 6.02. The summed E-state index contributed by atoms with van der Waals surface area (Å²) in [5, 5.41) is 0.635. The topological polar surface area (TPSA) is 66.5 Å². The van der Waals surface area contributed by atoms with E-state index in [1.807, 2.05) is 19.1 Å². The lowest BCUT2D eigenvalue weighted by atomic mass is 10.1. The number of hydrogen-bond donors (Lipinski definition) is 1. The van der Waals surface area contributed by atoms with Gasteiger partial charge in [0.2, 0.25) is 0 Å². The molecule has 5 nitrogen and oxygen atoms in total. The Morgan fingerprint density at radius 1 is 1.00 bits per heavy atom. The van der Waals surface area contributed by atoms with Gasteiger partial charge < -0.3 is 4.90 Å². The summed E-state index contributed by atoms with van der Waals surface area (Å²) in [4.78, 5) is 14.5. The summed E-state index contributed by atoms with van der Waals surface area (Å²) >= 11 is 5.89. The average Bonchev–Trinajstić information content (AvgIpc) is 2.69. The van der Waals surface area contributed by atoms with Crippen LogP contribution in [0.3, 0.4) is 0 Å². The maximum absolute atomic E-state index is 12.8. The van der Waals surface area contributed by atoms with E-state index in [-0.39, 0.29) is 10.8 Å². The van der Waals surface area contributed by atoms with Gasteiger partial charge in [-0.25, -0.2) is 8.42 Å². The molecule has 3 rings (SSSR count). The molecule has 0 aromatic heterocycles. The van der Waals surface area contributed by atoms with Crippen molar-refractivity contribution in [2.24, 2.45) is 0 Å². The second-order valence-corrected chi connectivity index (χ2v) is 8.91. The molecule has 150 valence electrons. The van der Waals surface area contributed by atoms with Crippen molar-refractivity contribution in [3.63, 3.8) is 0 Å². The highest BCUT2D eigenvalue weighted by atomic mass is 35.5. The van der Waals surface area contributed by atoms with Crippen LogP contribution in [0.4, 0.5) is 5.69 Å². The largest absolute Gasteiger partial charge is 0.337 e. The molecule has 0 aliphatic carbocycles. The molecule has 29 heavy (non-hydrogen) atoms. The second kappa shape index (κ2) is 8.68. The van der Waals surface area contributed by atoms with E-state index in [0.29, 0.717) is 22.8 Å². The summed E-state index contributed by atoms with van der Waals surface area (Å²) in [5.41, 5.74) is 2.64. The molecule has 0 unspecified atom stereocenters. The van der Waals surface area contributed by atoms with Gasteiger partial charge in [0.15, 0.2) is 0 Å². The number of rotatable bonds is 6. The van der Waals surface area contributed by atoms with Crippen LogP contribution in [0, 0.1) is 6.92 Å². The monoisotopic (exact) mass is 428 g/mol. The number of carbonyl (C=O) groups excluding carboxylic acids is 1. The van der Waals surface area contributed by atoms with Crippen LogP contribution in [0.25, 0.3) is 0 Å². The van der Waals surface area contributed by atoms with Crippen LogP contribution >= 0.6 is 11.6 Å². The van der Waals surface area contributed by atoms with Crippen LogP contribution in [-0.4, -0.2) is 26.3 Å². The SMILES string of the molecule is Cc1ccc(S(=O)(=O)Nc2cccc(C(=O)N(C)Cc3ccc(Cl)cc3)c2)cc1. The number of nitrogens with one attached hydrogen (secondary N) is 1. The van der Waals surface area contributed by atoms with Crippen LogP contribution < -0.4 is 4.72 Å². The van der Waals surface area contributed by atoms with Crippen LogP contribution in [0.5, 0.6) is 0 Å². The average molecular weight is 429 g/mol. The number of hydrogen-bond acceptors (Lipinski definition) is 3. The summed E-state index contributed by atoms with van der Waals surface area (Å²) in [6, 6.07) is 20.3. The molecule has 0 aliphatic rings.